The Labute approximate surface area is 151 Å². The van der Waals surface area contributed by atoms with E-state index in [0.29, 0.717) is 28.9 Å². The molecule has 0 unspecified atom stereocenters. The lowest BCUT2D eigenvalue weighted by Crippen LogP contribution is -2.05. The van der Waals surface area contributed by atoms with Crippen LogP contribution in [0.1, 0.15) is 11.1 Å². The summed E-state index contributed by atoms with van der Waals surface area (Å²) in [5, 5.41) is 0.550. The molecule has 26 heavy (non-hydrogen) atoms. The van der Waals surface area contributed by atoms with Crippen LogP contribution in [0.4, 0.5) is 0 Å². The Hall–Kier alpha value is -3.33. The van der Waals surface area contributed by atoms with Gasteiger partial charge in [0.2, 0.25) is 0 Å². The van der Waals surface area contributed by atoms with Crippen LogP contribution in [-0.4, -0.2) is 0 Å². The molecule has 0 bridgehead atoms. The number of rotatable bonds is 4. The highest BCUT2D eigenvalue weighted by atomic mass is 16.5. The molecule has 0 spiro atoms. The number of aryl methyl sites for hydroxylation is 1. The minimum atomic E-state index is -0.0393. The van der Waals surface area contributed by atoms with Gasteiger partial charge in [-0.3, -0.25) is 4.79 Å². The second-order valence-corrected chi connectivity index (χ2v) is 6.28. The molecule has 0 saturated carbocycles. The highest BCUT2D eigenvalue weighted by Gasteiger charge is 2.10. The van der Waals surface area contributed by atoms with Crippen LogP contribution in [-0.2, 0) is 6.61 Å². The lowest BCUT2D eigenvalue weighted by atomic mass is 10.1. The molecule has 3 aromatic carbocycles. The zero-order valence-corrected chi connectivity index (χ0v) is 14.4. The molecular weight excluding hydrogens is 324 g/mol. The van der Waals surface area contributed by atoms with Gasteiger partial charge in [-0.1, -0.05) is 60.2 Å². The third kappa shape index (κ3) is 3.24. The van der Waals surface area contributed by atoms with Crippen molar-refractivity contribution in [2.45, 2.75) is 13.5 Å². The Morgan fingerprint density at radius 3 is 2.46 bits per heavy atom. The molecule has 4 aromatic rings. The zero-order valence-electron chi connectivity index (χ0n) is 14.4. The van der Waals surface area contributed by atoms with Gasteiger partial charge in [0.15, 0.2) is 5.43 Å². The lowest BCUT2D eigenvalue weighted by Gasteiger charge is -2.08. The third-order valence-electron chi connectivity index (χ3n) is 4.36. The van der Waals surface area contributed by atoms with Crippen LogP contribution in [0, 0.1) is 6.92 Å². The van der Waals surface area contributed by atoms with Crippen molar-refractivity contribution in [2.75, 3.05) is 0 Å². The van der Waals surface area contributed by atoms with Gasteiger partial charge < -0.3 is 9.15 Å². The van der Waals surface area contributed by atoms with Crippen molar-refractivity contribution in [3.05, 3.63) is 100 Å². The first-order chi connectivity index (χ1) is 12.7. The van der Waals surface area contributed by atoms with Crippen LogP contribution in [0.15, 0.2) is 88.3 Å². The fourth-order valence-corrected chi connectivity index (χ4v) is 2.87. The molecule has 0 aliphatic rings. The van der Waals surface area contributed by atoms with Crippen LogP contribution in [0.5, 0.6) is 5.75 Å². The van der Waals surface area contributed by atoms with E-state index in [1.807, 2.05) is 48.5 Å². The SMILES string of the molecule is Cc1ccc(COc2ccc3c(=O)c(-c4ccccc4)coc3c2)cc1. The van der Waals surface area contributed by atoms with E-state index in [1.165, 1.54) is 11.8 Å². The zero-order chi connectivity index (χ0) is 17.9. The molecule has 0 aliphatic carbocycles. The Balaban J connectivity index is 1.62. The second-order valence-electron chi connectivity index (χ2n) is 6.28. The van der Waals surface area contributed by atoms with Gasteiger partial charge in [-0.15, -0.1) is 0 Å². The summed E-state index contributed by atoms with van der Waals surface area (Å²) in [6, 6.07) is 23.1. The average molecular weight is 342 g/mol. The Morgan fingerprint density at radius 1 is 0.923 bits per heavy atom. The molecule has 0 N–H and O–H groups in total. The van der Waals surface area contributed by atoms with E-state index >= 15 is 0 Å². The third-order valence-corrected chi connectivity index (χ3v) is 4.36. The van der Waals surface area contributed by atoms with Gasteiger partial charge in [0, 0.05) is 6.07 Å². The minimum Gasteiger partial charge on any atom is -0.489 e. The first-order valence-corrected chi connectivity index (χ1v) is 8.50. The van der Waals surface area contributed by atoms with Gasteiger partial charge in [-0.25, -0.2) is 0 Å². The normalized spacial score (nSPS) is 10.8. The minimum absolute atomic E-state index is 0.0393. The fourth-order valence-electron chi connectivity index (χ4n) is 2.87. The highest BCUT2D eigenvalue weighted by molar-refractivity contribution is 5.82. The van der Waals surface area contributed by atoms with E-state index in [0.717, 1.165) is 11.1 Å². The second kappa shape index (κ2) is 6.89. The molecular formula is C23H18O3. The van der Waals surface area contributed by atoms with E-state index < -0.39 is 0 Å². The largest absolute Gasteiger partial charge is 0.489 e. The summed E-state index contributed by atoms with van der Waals surface area (Å²) in [4.78, 5) is 12.8. The number of benzene rings is 3. The summed E-state index contributed by atoms with van der Waals surface area (Å²) in [5.74, 6) is 0.675. The monoisotopic (exact) mass is 342 g/mol. The Kier molecular flexibility index (Phi) is 4.28. The van der Waals surface area contributed by atoms with E-state index in [4.69, 9.17) is 9.15 Å². The molecule has 4 rings (SSSR count). The maximum absolute atomic E-state index is 12.8. The summed E-state index contributed by atoms with van der Waals surface area (Å²) < 4.78 is 11.5. The van der Waals surface area contributed by atoms with Crippen LogP contribution < -0.4 is 10.2 Å². The van der Waals surface area contributed by atoms with Crippen LogP contribution in [0.2, 0.25) is 0 Å². The average Bonchev–Trinajstić information content (AvgIpc) is 2.68. The number of hydrogen-bond donors (Lipinski definition) is 0. The van der Waals surface area contributed by atoms with E-state index in [1.54, 1.807) is 12.1 Å². The van der Waals surface area contributed by atoms with Crippen molar-refractivity contribution < 1.29 is 9.15 Å². The molecule has 0 saturated heterocycles. The molecule has 128 valence electrons. The van der Waals surface area contributed by atoms with Crippen molar-refractivity contribution in [3.63, 3.8) is 0 Å². The van der Waals surface area contributed by atoms with E-state index in [9.17, 15) is 4.79 Å². The van der Waals surface area contributed by atoms with Crippen molar-refractivity contribution in [3.8, 4) is 16.9 Å². The lowest BCUT2D eigenvalue weighted by molar-refractivity contribution is 0.306. The van der Waals surface area contributed by atoms with Crippen LogP contribution >= 0.6 is 0 Å². The molecule has 1 heterocycles. The molecule has 0 fully saturated rings. The molecule has 0 aliphatic heterocycles. The Bertz CT molecular complexity index is 1090. The Morgan fingerprint density at radius 2 is 1.69 bits per heavy atom. The molecule has 3 nitrogen and oxygen atoms in total. The summed E-state index contributed by atoms with van der Waals surface area (Å²) in [6.45, 7) is 2.53. The molecule has 1 aromatic heterocycles. The van der Waals surface area contributed by atoms with Crippen molar-refractivity contribution >= 4 is 11.0 Å². The highest BCUT2D eigenvalue weighted by Crippen LogP contribution is 2.23. The van der Waals surface area contributed by atoms with Gasteiger partial charge in [0.1, 0.15) is 24.2 Å². The van der Waals surface area contributed by atoms with E-state index in [2.05, 4.69) is 19.1 Å². The maximum atomic E-state index is 12.8. The molecule has 0 amide bonds. The van der Waals surface area contributed by atoms with Crippen LogP contribution in [0.25, 0.3) is 22.1 Å². The first-order valence-electron chi connectivity index (χ1n) is 8.50. The summed E-state index contributed by atoms with van der Waals surface area (Å²) >= 11 is 0. The van der Waals surface area contributed by atoms with Crippen molar-refractivity contribution in [1.29, 1.82) is 0 Å². The van der Waals surface area contributed by atoms with Gasteiger partial charge in [-0.05, 0) is 30.2 Å². The van der Waals surface area contributed by atoms with E-state index in [-0.39, 0.29) is 5.43 Å². The molecule has 3 heteroatoms. The standard InChI is InChI=1S/C23H18O3/c1-16-7-9-17(10-8-16)14-25-19-11-12-20-22(13-19)26-15-21(23(20)24)18-5-3-2-4-6-18/h2-13,15H,14H2,1H3. The van der Waals surface area contributed by atoms with Gasteiger partial charge in [0.05, 0.1) is 10.9 Å². The van der Waals surface area contributed by atoms with Crippen molar-refractivity contribution in [2.24, 2.45) is 0 Å². The first kappa shape index (κ1) is 16.2. The maximum Gasteiger partial charge on any atom is 0.200 e. The number of fused-ring (bicyclic) bond motifs is 1. The topological polar surface area (TPSA) is 39.4 Å². The van der Waals surface area contributed by atoms with Gasteiger partial charge >= 0.3 is 0 Å². The predicted octanol–water partition coefficient (Wildman–Crippen LogP) is 5.35. The molecule has 0 radical (unpaired) electrons. The predicted molar refractivity (Wildman–Crippen MR) is 103 cm³/mol. The smallest absolute Gasteiger partial charge is 0.200 e. The molecule has 0 atom stereocenters. The van der Waals surface area contributed by atoms with Crippen LogP contribution in [0.3, 0.4) is 0 Å². The fraction of sp³-hybridized carbons (Fsp3) is 0.0870. The number of hydrogen-bond acceptors (Lipinski definition) is 3. The quantitative estimate of drug-likeness (QED) is 0.502. The summed E-state index contributed by atoms with van der Waals surface area (Å²) in [5.41, 5.74) is 4.21. The van der Waals surface area contributed by atoms with Gasteiger partial charge in [0.25, 0.3) is 0 Å². The van der Waals surface area contributed by atoms with Crippen molar-refractivity contribution in [1.82, 2.24) is 0 Å². The number of ether oxygens (including phenoxy) is 1. The summed E-state index contributed by atoms with van der Waals surface area (Å²) in [7, 11) is 0. The summed E-state index contributed by atoms with van der Waals surface area (Å²) in [6.07, 6.45) is 1.52. The van der Waals surface area contributed by atoms with Gasteiger partial charge in [-0.2, -0.15) is 0 Å².